The molecule has 0 aromatic heterocycles. The normalized spacial score (nSPS) is 10.8. The molecule has 3 aromatic carbocycles. The molecule has 0 fully saturated rings. The van der Waals surface area contributed by atoms with Crippen LogP contribution in [0.3, 0.4) is 0 Å². The zero-order valence-electron chi connectivity index (χ0n) is 19.4. The third-order valence-corrected chi connectivity index (χ3v) is 4.73. The molecule has 0 aliphatic carbocycles. The summed E-state index contributed by atoms with van der Waals surface area (Å²) in [6, 6.07) is 20.0. The van der Waals surface area contributed by atoms with Gasteiger partial charge < -0.3 is 15.4 Å². The van der Waals surface area contributed by atoms with Crippen LogP contribution in [-0.4, -0.2) is 29.4 Å². The Labute approximate surface area is 202 Å². The fourth-order valence-corrected chi connectivity index (χ4v) is 2.98. The number of rotatable bonds is 6. The Morgan fingerprint density at radius 2 is 1.37 bits per heavy atom. The van der Waals surface area contributed by atoms with E-state index in [4.69, 9.17) is 4.74 Å². The standard InChI is InChI=1S/C26H24N4O5/c1-16-5-4-6-20(15-16)26(34)35-23-13-7-19(8-14-23)17(2)29-30-25(33)24(32)28-22-11-9-21(10-12-22)27-18(3)31/h4-15H,1-3H3,(H,27,31)(H,28,32)(H,30,33)/b29-17+. The first-order chi connectivity index (χ1) is 16.7. The zero-order chi connectivity index (χ0) is 25.4. The number of ether oxygens (including phenoxy) is 1. The summed E-state index contributed by atoms with van der Waals surface area (Å²) < 4.78 is 5.38. The molecule has 178 valence electrons. The fourth-order valence-electron chi connectivity index (χ4n) is 2.98. The number of benzene rings is 3. The van der Waals surface area contributed by atoms with Gasteiger partial charge in [-0.25, -0.2) is 10.2 Å². The van der Waals surface area contributed by atoms with E-state index in [1.165, 1.54) is 6.92 Å². The summed E-state index contributed by atoms with van der Waals surface area (Å²) in [6.45, 7) is 4.94. The second kappa shape index (κ2) is 11.4. The Morgan fingerprint density at radius 3 is 1.97 bits per heavy atom. The monoisotopic (exact) mass is 472 g/mol. The number of anilines is 2. The maximum atomic E-state index is 12.3. The van der Waals surface area contributed by atoms with Crippen molar-refractivity contribution in [2.75, 3.05) is 10.6 Å². The number of nitrogens with zero attached hydrogens (tertiary/aromatic N) is 1. The Morgan fingerprint density at radius 1 is 0.743 bits per heavy atom. The van der Waals surface area contributed by atoms with E-state index >= 15 is 0 Å². The third-order valence-electron chi connectivity index (χ3n) is 4.73. The van der Waals surface area contributed by atoms with Gasteiger partial charge in [0.15, 0.2) is 0 Å². The lowest BCUT2D eigenvalue weighted by Gasteiger charge is -2.07. The maximum absolute atomic E-state index is 12.3. The van der Waals surface area contributed by atoms with Crippen molar-refractivity contribution in [2.45, 2.75) is 20.8 Å². The Hall–Kier alpha value is -4.79. The van der Waals surface area contributed by atoms with E-state index in [1.807, 2.05) is 13.0 Å². The summed E-state index contributed by atoms with van der Waals surface area (Å²) in [5, 5.41) is 9.00. The molecule has 3 aromatic rings. The van der Waals surface area contributed by atoms with Crippen molar-refractivity contribution in [3.8, 4) is 5.75 Å². The predicted octanol–water partition coefficient (Wildman–Crippen LogP) is 3.65. The molecular formula is C26H24N4O5. The number of hydrazone groups is 1. The largest absolute Gasteiger partial charge is 0.423 e. The minimum absolute atomic E-state index is 0.215. The van der Waals surface area contributed by atoms with Crippen molar-refractivity contribution >= 4 is 40.8 Å². The summed E-state index contributed by atoms with van der Waals surface area (Å²) in [6.07, 6.45) is 0. The highest BCUT2D eigenvalue weighted by Gasteiger charge is 2.14. The van der Waals surface area contributed by atoms with Gasteiger partial charge in [-0.1, -0.05) is 17.7 Å². The molecule has 0 radical (unpaired) electrons. The summed E-state index contributed by atoms with van der Waals surface area (Å²) >= 11 is 0. The van der Waals surface area contributed by atoms with E-state index in [-0.39, 0.29) is 5.91 Å². The van der Waals surface area contributed by atoms with Gasteiger partial charge in [0.25, 0.3) is 0 Å². The fraction of sp³-hybridized carbons (Fsp3) is 0.115. The van der Waals surface area contributed by atoms with Gasteiger partial charge in [0.1, 0.15) is 5.75 Å². The molecule has 9 nitrogen and oxygen atoms in total. The van der Waals surface area contributed by atoms with Crippen LogP contribution in [0.5, 0.6) is 5.75 Å². The molecule has 0 heterocycles. The van der Waals surface area contributed by atoms with Crippen molar-refractivity contribution in [2.24, 2.45) is 5.10 Å². The molecule has 35 heavy (non-hydrogen) atoms. The molecule has 3 rings (SSSR count). The van der Waals surface area contributed by atoms with Crippen molar-refractivity contribution in [1.82, 2.24) is 5.43 Å². The molecule has 0 aliphatic heterocycles. The summed E-state index contributed by atoms with van der Waals surface area (Å²) in [5.41, 5.74) is 5.68. The maximum Gasteiger partial charge on any atom is 0.343 e. The van der Waals surface area contributed by atoms with Crippen molar-refractivity contribution in [1.29, 1.82) is 0 Å². The number of esters is 1. The van der Waals surface area contributed by atoms with Crippen LogP contribution < -0.4 is 20.8 Å². The molecule has 0 aliphatic rings. The van der Waals surface area contributed by atoms with Gasteiger partial charge in [-0.05, 0) is 80.1 Å². The number of aryl methyl sites for hydroxylation is 1. The van der Waals surface area contributed by atoms with Crippen LogP contribution in [0.4, 0.5) is 11.4 Å². The molecule has 9 heteroatoms. The predicted molar refractivity (Wildman–Crippen MR) is 132 cm³/mol. The lowest BCUT2D eigenvalue weighted by atomic mass is 10.1. The third kappa shape index (κ3) is 7.36. The first-order valence-corrected chi connectivity index (χ1v) is 10.6. The summed E-state index contributed by atoms with van der Waals surface area (Å²) in [7, 11) is 0. The minimum atomic E-state index is -0.945. The second-order valence-electron chi connectivity index (χ2n) is 7.63. The van der Waals surface area contributed by atoms with E-state index in [9.17, 15) is 19.2 Å². The quantitative estimate of drug-likeness (QED) is 0.166. The van der Waals surface area contributed by atoms with Gasteiger partial charge in [0.05, 0.1) is 11.3 Å². The van der Waals surface area contributed by atoms with Crippen LogP contribution in [-0.2, 0) is 14.4 Å². The molecule has 0 bridgehead atoms. The van der Waals surface area contributed by atoms with Gasteiger partial charge in [-0.15, -0.1) is 0 Å². The van der Waals surface area contributed by atoms with Crippen LogP contribution >= 0.6 is 0 Å². The van der Waals surface area contributed by atoms with E-state index in [1.54, 1.807) is 73.7 Å². The summed E-state index contributed by atoms with van der Waals surface area (Å²) in [4.78, 5) is 47.5. The van der Waals surface area contributed by atoms with Crippen LogP contribution in [0.25, 0.3) is 0 Å². The molecule has 0 spiro atoms. The van der Waals surface area contributed by atoms with Gasteiger partial charge in [-0.2, -0.15) is 5.10 Å². The van der Waals surface area contributed by atoms with Crippen molar-refractivity contribution < 1.29 is 23.9 Å². The smallest absolute Gasteiger partial charge is 0.343 e. The van der Waals surface area contributed by atoms with Crippen LogP contribution in [0, 0.1) is 6.92 Å². The molecule has 0 atom stereocenters. The number of hydrogen-bond acceptors (Lipinski definition) is 6. The van der Waals surface area contributed by atoms with E-state index < -0.39 is 17.8 Å². The first kappa shape index (κ1) is 24.8. The number of carbonyl (C=O) groups excluding carboxylic acids is 4. The first-order valence-electron chi connectivity index (χ1n) is 10.6. The highest BCUT2D eigenvalue weighted by atomic mass is 16.5. The SMILES string of the molecule is CC(=O)Nc1ccc(NC(=O)C(=O)N/N=C(\C)c2ccc(OC(=O)c3cccc(C)c3)cc2)cc1. The topological polar surface area (TPSA) is 126 Å². The molecular weight excluding hydrogens is 448 g/mol. The molecule has 3 N–H and O–H groups in total. The highest BCUT2D eigenvalue weighted by Crippen LogP contribution is 2.16. The lowest BCUT2D eigenvalue weighted by molar-refractivity contribution is -0.136. The average molecular weight is 473 g/mol. The van der Waals surface area contributed by atoms with Crippen molar-refractivity contribution in [3.63, 3.8) is 0 Å². The van der Waals surface area contributed by atoms with Gasteiger partial charge in [-0.3, -0.25) is 14.4 Å². The molecule has 0 saturated heterocycles. The van der Waals surface area contributed by atoms with Gasteiger partial charge in [0, 0.05) is 18.3 Å². The highest BCUT2D eigenvalue weighted by molar-refractivity contribution is 6.39. The van der Waals surface area contributed by atoms with Crippen LogP contribution in [0.15, 0.2) is 77.9 Å². The Bertz CT molecular complexity index is 1280. The zero-order valence-corrected chi connectivity index (χ0v) is 19.4. The number of nitrogens with one attached hydrogen (secondary N) is 3. The Kier molecular flexibility index (Phi) is 8.07. The number of hydrogen-bond donors (Lipinski definition) is 3. The van der Waals surface area contributed by atoms with Crippen LogP contribution in [0.1, 0.15) is 35.3 Å². The molecule has 3 amide bonds. The van der Waals surface area contributed by atoms with Gasteiger partial charge >= 0.3 is 17.8 Å². The van der Waals surface area contributed by atoms with E-state index in [0.29, 0.717) is 34.0 Å². The number of carbonyl (C=O) groups is 4. The molecule has 0 unspecified atom stereocenters. The van der Waals surface area contributed by atoms with Gasteiger partial charge in [0.2, 0.25) is 5.91 Å². The minimum Gasteiger partial charge on any atom is -0.423 e. The average Bonchev–Trinajstić information content (AvgIpc) is 2.83. The van der Waals surface area contributed by atoms with E-state index in [2.05, 4.69) is 21.2 Å². The Balaban J connectivity index is 1.54. The number of amides is 3. The summed E-state index contributed by atoms with van der Waals surface area (Å²) in [5.74, 6) is -2.16. The van der Waals surface area contributed by atoms with Crippen molar-refractivity contribution in [3.05, 3.63) is 89.5 Å². The van der Waals surface area contributed by atoms with Crippen LogP contribution in [0.2, 0.25) is 0 Å². The lowest BCUT2D eigenvalue weighted by Crippen LogP contribution is -2.32. The molecule has 0 saturated carbocycles. The second-order valence-corrected chi connectivity index (χ2v) is 7.63. The van der Waals surface area contributed by atoms with E-state index in [0.717, 1.165) is 5.56 Å².